The van der Waals surface area contributed by atoms with Crippen LogP contribution in [-0.4, -0.2) is 35.8 Å². The molecule has 1 heterocycles. The van der Waals surface area contributed by atoms with E-state index in [1.807, 2.05) is 37.3 Å². The fourth-order valence-electron chi connectivity index (χ4n) is 2.98. The molecule has 30 heavy (non-hydrogen) atoms. The molecule has 0 saturated carbocycles. The molecule has 2 aromatic carbocycles. The van der Waals surface area contributed by atoms with E-state index in [1.165, 1.54) is 10.5 Å². The molecule has 0 bridgehead atoms. The molecular weight excluding hydrogens is 378 g/mol. The van der Waals surface area contributed by atoms with Crippen LogP contribution in [0.2, 0.25) is 0 Å². The maximum absolute atomic E-state index is 12.7. The fourth-order valence-corrected chi connectivity index (χ4v) is 2.98. The summed E-state index contributed by atoms with van der Waals surface area (Å²) in [4.78, 5) is 30.4. The molecule has 0 aliphatic rings. The highest BCUT2D eigenvalue weighted by atomic mass is 16.5. The monoisotopic (exact) mass is 403 g/mol. The second-order valence-electron chi connectivity index (χ2n) is 7.29. The van der Waals surface area contributed by atoms with Crippen molar-refractivity contribution in [1.29, 1.82) is 0 Å². The molecule has 6 heteroatoms. The Hall–Kier alpha value is -3.67. The van der Waals surface area contributed by atoms with Crippen LogP contribution in [0, 0.1) is 13.8 Å². The number of carbonyl (C=O) groups is 2. The summed E-state index contributed by atoms with van der Waals surface area (Å²) in [6.45, 7) is 4.20. The number of amides is 2. The second-order valence-corrected chi connectivity index (χ2v) is 7.29. The van der Waals surface area contributed by atoms with Crippen molar-refractivity contribution in [2.45, 2.75) is 20.5 Å². The Labute approximate surface area is 176 Å². The second kappa shape index (κ2) is 9.22. The van der Waals surface area contributed by atoms with Crippen molar-refractivity contribution in [3.8, 4) is 5.75 Å². The first-order valence-corrected chi connectivity index (χ1v) is 9.62. The molecule has 0 saturated heterocycles. The van der Waals surface area contributed by atoms with Crippen LogP contribution in [-0.2, 0) is 6.61 Å². The van der Waals surface area contributed by atoms with Gasteiger partial charge in [0, 0.05) is 25.8 Å². The van der Waals surface area contributed by atoms with Gasteiger partial charge < -0.3 is 15.0 Å². The van der Waals surface area contributed by atoms with Gasteiger partial charge >= 0.3 is 0 Å². The van der Waals surface area contributed by atoms with Crippen molar-refractivity contribution in [3.63, 3.8) is 0 Å². The number of nitrogens with one attached hydrogen (secondary N) is 1. The summed E-state index contributed by atoms with van der Waals surface area (Å²) in [5, 5.41) is 2.86. The smallest absolute Gasteiger partial charge is 0.271 e. The average Bonchev–Trinajstić information content (AvgIpc) is 2.71. The Bertz CT molecular complexity index is 1080. The normalized spacial score (nSPS) is 10.4. The molecule has 3 aromatic rings. The zero-order valence-corrected chi connectivity index (χ0v) is 17.6. The number of aromatic nitrogens is 1. The Kier molecular flexibility index (Phi) is 6.47. The Morgan fingerprint density at radius 1 is 1.00 bits per heavy atom. The zero-order valence-electron chi connectivity index (χ0n) is 17.6. The Balaban J connectivity index is 1.68. The number of carbonyl (C=O) groups excluding carboxylic acids is 2. The fraction of sp³-hybridized carbons (Fsp3) is 0.208. The summed E-state index contributed by atoms with van der Waals surface area (Å²) in [5.41, 5.74) is 4.09. The number of benzene rings is 2. The van der Waals surface area contributed by atoms with Crippen LogP contribution in [0.1, 0.15) is 37.7 Å². The van der Waals surface area contributed by atoms with E-state index >= 15 is 0 Å². The van der Waals surface area contributed by atoms with Gasteiger partial charge in [0.1, 0.15) is 18.1 Å². The number of aryl methyl sites for hydroxylation is 2. The lowest BCUT2D eigenvalue weighted by Crippen LogP contribution is -2.23. The summed E-state index contributed by atoms with van der Waals surface area (Å²) in [5.74, 6) is 0.166. The molecule has 6 nitrogen and oxygen atoms in total. The molecule has 0 aliphatic heterocycles. The van der Waals surface area contributed by atoms with Gasteiger partial charge in [0.15, 0.2) is 0 Å². The number of hydrogen-bond donors (Lipinski definition) is 1. The molecule has 3 rings (SSSR count). The van der Waals surface area contributed by atoms with E-state index in [0.717, 1.165) is 5.56 Å². The van der Waals surface area contributed by atoms with Gasteiger partial charge in [-0.1, -0.05) is 35.9 Å². The predicted octanol–water partition coefficient (Wildman–Crippen LogP) is 4.23. The van der Waals surface area contributed by atoms with Crippen molar-refractivity contribution in [1.82, 2.24) is 9.88 Å². The maximum atomic E-state index is 12.7. The van der Waals surface area contributed by atoms with Gasteiger partial charge in [0.25, 0.3) is 11.8 Å². The highest BCUT2D eigenvalue weighted by Gasteiger charge is 2.15. The van der Waals surface area contributed by atoms with E-state index < -0.39 is 0 Å². The average molecular weight is 403 g/mol. The third-order valence-electron chi connectivity index (χ3n) is 4.54. The standard InChI is InChI=1S/C24H25N3O3/c1-16-7-5-8-18(13-16)15-30-20-10-6-9-19(14-20)26-23(28)21-11-12-22(25-17(21)2)24(29)27(3)4/h5-14H,15H2,1-4H3,(H,26,28). The predicted molar refractivity (Wildman–Crippen MR) is 117 cm³/mol. The largest absolute Gasteiger partial charge is 0.489 e. The number of nitrogens with zero attached hydrogens (tertiary/aromatic N) is 2. The summed E-state index contributed by atoms with van der Waals surface area (Å²) in [7, 11) is 3.32. The lowest BCUT2D eigenvalue weighted by atomic mass is 10.1. The van der Waals surface area contributed by atoms with Gasteiger partial charge in [-0.15, -0.1) is 0 Å². The van der Waals surface area contributed by atoms with Crippen molar-refractivity contribution in [3.05, 3.63) is 88.7 Å². The van der Waals surface area contributed by atoms with Crippen molar-refractivity contribution in [2.75, 3.05) is 19.4 Å². The first-order chi connectivity index (χ1) is 14.3. The highest BCUT2D eigenvalue weighted by molar-refractivity contribution is 6.05. The van der Waals surface area contributed by atoms with E-state index in [9.17, 15) is 9.59 Å². The molecule has 0 aliphatic carbocycles. The van der Waals surface area contributed by atoms with Crippen molar-refractivity contribution in [2.24, 2.45) is 0 Å². The number of anilines is 1. The zero-order chi connectivity index (χ0) is 21.7. The molecule has 0 fully saturated rings. The van der Waals surface area contributed by atoms with Crippen LogP contribution in [0.5, 0.6) is 5.75 Å². The molecular formula is C24H25N3O3. The Morgan fingerprint density at radius 2 is 1.77 bits per heavy atom. The number of pyridine rings is 1. The van der Waals surface area contributed by atoms with Crippen LogP contribution >= 0.6 is 0 Å². The number of ether oxygens (including phenoxy) is 1. The lowest BCUT2D eigenvalue weighted by molar-refractivity contribution is 0.0821. The molecule has 154 valence electrons. The summed E-state index contributed by atoms with van der Waals surface area (Å²) < 4.78 is 5.86. The van der Waals surface area contributed by atoms with E-state index in [1.54, 1.807) is 45.3 Å². The van der Waals surface area contributed by atoms with E-state index in [2.05, 4.69) is 16.4 Å². The number of hydrogen-bond acceptors (Lipinski definition) is 4. The van der Waals surface area contributed by atoms with Gasteiger partial charge in [-0.05, 0) is 43.7 Å². The summed E-state index contributed by atoms with van der Waals surface area (Å²) in [6, 6.07) is 18.6. The van der Waals surface area contributed by atoms with Gasteiger partial charge in [-0.3, -0.25) is 9.59 Å². The van der Waals surface area contributed by atoms with Crippen LogP contribution in [0.3, 0.4) is 0 Å². The highest BCUT2D eigenvalue weighted by Crippen LogP contribution is 2.20. The third kappa shape index (κ3) is 5.23. The van der Waals surface area contributed by atoms with E-state index in [-0.39, 0.29) is 11.8 Å². The van der Waals surface area contributed by atoms with Gasteiger partial charge in [-0.2, -0.15) is 0 Å². The lowest BCUT2D eigenvalue weighted by Gasteiger charge is -2.12. The van der Waals surface area contributed by atoms with E-state index in [0.29, 0.717) is 35.0 Å². The topological polar surface area (TPSA) is 71.5 Å². The minimum atomic E-state index is -0.292. The minimum absolute atomic E-state index is 0.205. The first-order valence-electron chi connectivity index (χ1n) is 9.62. The quantitative estimate of drug-likeness (QED) is 0.669. The Morgan fingerprint density at radius 3 is 2.47 bits per heavy atom. The third-order valence-corrected chi connectivity index (χ3v) is 4.54. The van der Waals surface area contributed by atoms with Gasteiger partial charge in [-0.25, -0.2) is 4.98 Å². The van der Waals surface area contributed by atoms with E-state index in [4.69, 9.17) is 4.74 Å². The summed E-state index contributed by atoms with van der Waals surface area (Å²) >= 11 is 0. The van der Waals surface area contributed by atoms with Crippen molar-refractivity contribution < 1.29 is 14.3 Å². The number of rotatable bonds is 6. The molecule has 0 atom stereocenters. The van der Waals surface area contributed by atoms with Gasteiger partial charge in [0.2, 0.25) is 0 Å². The molecule has 0 unspecified atom stereocenters. The summed E-state index contributed by atoms with van der Waals surface area (Å²) in [6.07, 6.45) is 0. The molecule has 1 aromatic heterocycles. The molecule has 1 N–H and O–H groups in total. The molecule has 0 spiro atoms. The van der Waals surface area contributed by atoms with Crippen LogP contribution in [0.4, 0.5) is 5.69 Å². The SMILES string of the molecule is Cc1cccc(COc2cccc(NC(=O)c3ccc(C(=O)N(C)C)nc3C)c2)c1. The van der Waals surface area contributed by atoms with Crippen LogP contribution < -0.4 is 10.1 Å². The molecule has 2 amide bonds. The molecule has 0 radical (unpaired) electrons. The van der Waals surface area contributed by atoms with Gasteiger partial charge in [0.05, 0.1) is 11.3 Å². The maximum Gasteiger partial charge on any atom is 0.271 e. The first kappa shape index (κ1) is 21.0. The van der Waals surface area contributed by atoms with Crippen molar-refractivity contribution >= 4 is 17.5 Å². The van der Waals surface area contributed by atoms with Crippen LogP contribution in [0.25, 0.3) is 0 Å². The minimum Gasteiger partial charge on any atom is -0.489 e. The van der Waals surface area contributed by atoms with Crippen LogP contribution in [0.15, 0.2) is 60.7 Å².